The molecule has 2 heteroatoms. The van der Waals surface area contributed by atoms with Gasteiger partial charge < -0.3 is 5.32 Å². The van der Waals surface area contributed by atoms with Crippen LogP contribution in [0.15, 0.2) is 24.3 Å². The van der Waals surface area contributed by atoms with Crippen molar-refractivity contribution in [2.45, 2.75) is 46.2 Å². The summed E-state index contributed by atoms with van der Waals surface area (Å²) in [5.41, 5.74) is 2.83. The minimum Gasteiger partial charge on any atom is -0.312 e. The van der Waals surface area contributed by atoms with E-state index in [0.717, 1.165) is 32.1 Å². The number of benzene rings is 1. The molecule has 1 N–H and O–H groups in total. The summed E-state index contributed by atoms with van der Waals surface area (Å²) < 4.78 is 0. The fourth-order valence-electron chi connectivity index (χ4n) is 2.59. The van der Waals surface area contributed by atoms with Crippen LogP contribution < -0.4 is 5.32 Å². The van der Waals surface area contributed by atoms with Gasteiger partial charge in [-0.25, -0.2) is 0 Å². The SMILES string of the molecule is CCN(CC)Cc1ccc(CNCC2CCC2)cc1. The van der Waals surface area contributed by atoms with Crippen LogP contribution in [0.4, 0.5) is 0 Å². The largest absolute Gasteiger partial charge is 0.312 e. The molecule has 0 amide bonds. The average Bonchev–Trinajstić information content (AvgIpc) is 2.40. The third-order valence-electron chi connectivity index (χ3n) is 4.31. The van der Waals surface area contributed by atoms with Crippen molar-refractivity contribution in [3.05, 3.63) is 35.4 Å². The predicted molar refractivity (Wildman–Crippen MR) is 82.1 cm³/mol. The van der Waals surface area contributed by atoms with Crippen LogP contribution in [0.3, 0.4) is 0 Å². The van der Waals surface area contributed by atoms with Crippen LogP contribution in [0.2, 0.25) is 0 Å². The van der Waals surface area contributed by atoms with Crippen LogP contribution in [0, 0.1) is 5.92 Å². The van der Waals surface area contributed by atoms with E-state index in [1.165, 1.54) is 36.9 Å². The fourth-order valence-corrected chi connectivity index (χ4v) is 2.59. The zero-order valence-electron chi connectivity index (χ0n) is 12.5. The highest BCUT2D eigenvalue weighted by Gasteiger charge is 2.16. The molecule has 0 saturated heterocycles. The molecule has 0 unspecified atom stereocenters. The molecule has 1 aromatic rings. The van der Waals surface area contributed by atoms with E-state index in [4.69, 9.17) is 0 Å². The minimum absolute atomic E-state index is 0.946. The third-order valence-corrected chi connectivity index (χ3v) is 4.31. The van der Waals surface area contributed by atoms with E-state index in [1.54, 1.807) is 0 Å². The lowest BCUT2D eigenvalue weighted by Crippen LogP contribution is -2.26. The second-order valence-corrected chi connectivity index (χ2v) is 5.71. The first-order valence-corrected chi connectivity index (χ1v) is 7.82. The Bertz CT molecular complexity index is 350. The summed E-state index contributed by atoms with van der Waals surface area (Å²) in [7, 11) is 0. The van der Waals surface area contributed by atoms with Gasteiger partial charge in [-0.15, -0.1) is 0 Å². The van der Waals surface area contributed by atoms with Crippen LogP contribution in [0.5, 0.6) is 0 Å². The Morgan fingerprint density at radius 3 is 2.21 bits per heavy atom. The molecule has 1 saturated carbocycles. The van der Waals surface area contributed by atoms with Crippen molar-refractivity contribution in [2.75, 3.05) is 19.6 Å². The molecular formula is C17H28N2. The molecule has 0 radical (unpaired) electrons. The number of hydrogen-bond donors (Lipinski definition) is 1. The van der Waals surface area contributed by atoms with Crippen LogP contribution in [-0.4, -0.2) is 24.5 Å². The Labute approximate surface area is 118 Å². The van der Waals surface area contributed by atoms with Crippen molar-refractivity contribution >= 4 is 0 Å². The smallest absolute Gasteiger partial charge is 0.0233 e. The highest BCUT2D eigenvalue weighted by molar-refractivity contribution is 5.22. The maximum atomic E-state index is 3.58. The Morgan fingerprint density at radius 1 is 1.05 bits per heavy atom. The quantitative estimate of drug-likeness (QED) is 0.770. The predicted octanol–water partition coefficient (Wildman–Crippen LogP) is 3.42. The monoisotopic (exact) mass is 260 g/mol. The zero-order chi connectivity index (χ0) is 13.5. The summed E-state index contributed by atoms with van der Waals surface area (Å²) in [4.78, 5) is 2.45. The molecule has 106 valence electrons. The maximum Gasteiger partial charge on any atom is 0.0233 e. The number of nitrogens with one attached hydrogen (secondary N) is 1. The highest BCUT2D eigenvalue weighted by atomic mass is 15.1. The summed E-state index contributed by atoms with van der Waals surface area (Å²) in [5.74, 6) is 0.946. The molecule has 0 heterocycles. The van der Waals surface area contributed by atoms with Gasteiger partial charge >= 0.3 is 0 Å². The molecule has 0 spiro atoms. The minimum atomic E-state index is 0.946. The Balaban J connectivity index is 1.73. The van der Waals surface area contributed by atoms with Gasteiger partial charge in [0.2, 0.25) is 0 Å². The van der Waals surface area contributed by atoms with Gasteiger partial charge in [0.05, 0.1) is 0 Å². The number of rotatable bonds is 8. The molecule has 0 bridgehead atoms. The van der Waals surface area contributed by atoms with Gasteiger partial charge in [-0.2, -0.15) is 0 Å². The Morgan fingerprint density at radius 2 is 1.68 bits per heavy atom. The standard InChI is InChI=1S/C17H28N2/c1-3-19(4-2)14-17-10-8-16(9-11-17)13-18-12-15-6-5-7-15/h8-11,15,18H,3-7,12-14H2,1-2H3. The molecule has 0 atom stereocenters. The van der Waals surface area contributed by atoms with Crippen molar-refractivity contribution in [1.82, 2.24) is 10.2 Å². The van der Waals surface area contributed by atoms with E-state index in [0.29, 0.717) is 0 Å². The van der Waals surface area contributed by atoms with Gasteiger partial charge in [0, 0.05) is 13.1 Å². The van der Waals surface area contributed by atoms with Crippen molar-refractivity contribution < 1.29 is 0 Å². The second-order valence-electron chi connectivity index (χ2n) is 5.71. The van der Waals surface area contributed by atoms with E-state index < -0.39 is 0 Å². The molecule has 1 aromatic carbocycles. The van der Waals surface area contributed by atoms with Crippen LogP contribution in [-0.2, 0) is 13.1 Å². The lowest BCUT2D eigenvalue weighted by molar-refractivity contribution is 0.295. The van der Waals surface area contributed by atoms with Gasteiger partial charge in [0.15, 0.2) is 0 Å². The van der Waals surface area contributed by atoms with Crippen molar-refractivity contribution in [1.29, 1.82) is 0 Å². The molecule has 1 fully saturated rings. The van der Waals surface area contributed by atoms with E-state index >= 15 is 0 Å². The van der Waals surface area contributed by atoms with Crippen molar-refractivity contribution in [2.24, 2.45) is 5.92 Å². The normalized spacial score (nSPS) is 15.7. The van der Waals surface area contributed by atoms with E-state index in [-0.39, 0.29) is 0 Å². The maximum absolute atomic E-state index is 3.58. The topological polar surface area (TPSA) is 15.3 Å². The molecule has 2 rings (SSSR count). The van der Waals surface area contributed by atoms with Crippen LogP contribution in [0.1, 0.15) is 44.2 Å². The second kappa shape index (κ2) is 7.66. The van der Waals surface area contributed by atoms with Gasteiger partial charge in [-0.3, -0.25) is 4.90 Å². The van der Waals surface area contributed by atoms with E-state index in [9.17, 15) is 0 Å². The molecule has 19 heavy (non-hydrogen) atoms. The van der Waals surface area contributed by atoms with Gasteiger partial charge in [-0.05, 0) is 49.5 Å². The van der Waals surface area contributed by atoms with E-state index in [2.05, 4.69) is 48.3 Å². The van der Waals surface area contributed by atoms with Crippen LogP contribution in [0.25, 0.3) is 0 Å². The molecule has 0 aliphatic heterocycles. The number of nitrogens with zero attached hydrogens (tertiary/aromatic N) is 1. The molecular weight excluding hydrogens is 232 g/mol. The van der Waals surface area contributed by atoms with Crippen molar-refractivity contribution in [3.8, 4) is 0 Å². The Hall–Kier alpha value is -0.860. The first-order chi connectivity index (χ1) is 9.31. The summed E-state index contributed by atoms with van der Waals surface area (Å²) in [6.45, 7) is 9.99. The molecule has 2 nitrogen and oxygen atoms in total. The highest BCUT2D eigenvalue weighted by Crippen LogP contribution is 2.25. The van der Waals surface area contributed by atoms with Gasteiger partial charge in [0.25, 0.3) is 0 Å². The lowest BCUT2D eigenvalue weighted by Gasteiger charge is -2.25. The van der Waals surface area contributed by atoms with Gasteiger partial charge in [-0.1, -0.05) is 44.5 Å². The summed E-state index contributed by atoms with van der Waals surface area (Å²) in [6, 6.07) is 9.09. The number of hydrogen-bond acceptors (Lipinski definition) is 2. The first kappa shape index (κ1) is 14.5. The molecule has 1 aliphatic carbocycles. The van der Waals surface area contributed by atoms with Crippen LogP contribution >= 0.6 is 0 Å². The lowest BCUT2D eigenvalue weighted by atomic mass is 9.85. The average molecular weight is 260 g/mol. The van der Waals surface area contributed by atoms with Crippen molar-refractivity contribution in [3.63, 3.8) is 0 Å². The summed E-state index contributed by atoms with van der Waals surface area (Å²) >= 11 is 0. The first-order valence-electron chi connectivity index (χ1n) is 7.82. The molecule has 1 aliphatic rings. The Kier molecular flexibility index (Phi) is 5.87. The van der Waals surface area contributed by atoms with E-state index in [1.807, 2.05) is 0 Å². The third kappa shape index (κ3) is 4.63. The fraction of sp³-hybridized carbons (Fsp3) is 0.647. The zero-order valence-corrected chi connectivity index (χ0v) is 12.5. The van der Waals surface area contributed by atoms with Gasteiger partial charge in [0.1, 0.15) is 0 Å². The molecule has 0 aromatic heterocycles. The summed E-state index contributed by atoms with van der Waals surface area (Å²) in [6.07, 6.45) is 4.29. The summed E-state index contributed by atoms with van der Waals surface area (Å²) in [5, 5.41) is 3.58.